The molecule has 5 nitrogen and oxygen atoms in total. The van der Waals surface area contributed by atoms with Crippen LogP contribution in [0.25, 0.3) is 0 Å². The van der Waals surface area contributed by atoms with E-state index in [0.717, 1.165) is 16.7 Å². The summed E-state index contributed by atoms with van der Waals surface area (Å²) in [6, 6.07) is 11.0. The first kappa shape index (κ1) is 15.8. The van der Waals surface area contributed by atoms with Gasteiger partial charge in [-0.1, -0.05) is 12.1 Å². The maximum Gasteiger partial charge on any atom is 0.327 e. The quantitative estimate of drug-likeness (QED) is 0.768. The van der Waals surface area contributed by atoms with Gasteiger partial charge in [-0.15, -0.1) is 11.3 Å². The van der Waals surface area contributed by atoms with E-state index < -0.39 is 5.97 Å². The Bertz CT molecular complexity index is 647. The minimum absolute atomic E-state index is 0.0168. The van der Waals surface area contributed by atoms with Crippen LogP contribution in [0.4, 0.5) is 5.69 Å². The van der Waals surface area contributed by atoms with Gasteiger partial charge in [-0.3, -0.25) is 4.79 Å². The largest absolute Gasteiger partial charge is 0.488 e. The zero-order valence-electron chi connectivity index (χ0n) is 11.7. The van der Waals surface area contributed by atoms with Gasteiger partial charge in [0.15, 0.2) is 0 Å². The number of anilines is 1. The molecule has 1 aromatic carbocycles. The maximum atomic E-state index is 11.6. The molecule has 114 valence electrons. The molecule has 0 aliphatic carbocycles. The number of nitrogens with one attached hydrogen (secondary N) is 1. The fraction of sp³-hybridized carbons (Fsp3) is 0.125. The van der Waals surface area contributed by atoms with Crippen LogP contribution >= 0.6 is 11.3 Å². The lowest BCUT2D eigenvalue weighted by Crippen LogP contribution is -2.10. The van der Waals surface area contributed by atoms with Crippen molar-refractivity contribution in [1.82, 2.24) is 0 Å². The van der Waals surface area contributed by atoms with Crippen molar-refractivity contribution in [3.05, 3.63) is 58.8 Å². The number of amides is 1. The second-order valence-electron chi connectivity index (χ2n) is 4.39. The topological polar surface area (TPSA) is 75.6 Å². The highest BCUT2D eigenvalue weighted by Gasteiger charge is 2.02. The van der Waals surface area contributed by atoms with E-state index in [1.165, 1.54) is 6.08 Å². The Kier molecular flexibility index (Phi) is 5.73. The lowest BCUT2D eigenvalue weighted by molar-refractivity contribution is -0.131. The van der Waals surface area contributed by atoms with Crippen molar-refractivity contribution in [2.75, 3.05) is 5.32 Å². The zero-order valence-corrected chi connectivity index (χ0v) is 12.5. The Labute approximate surface area is 131 Å². The number of carboxylic acid groups (broad SMARTS) is 1. The molecule has 0 radical (unpaired) electrons. The van der Waals surface area contributed by atoms with Gasteiger partial charge < -0.3 is 15.2 Å². The number of hydrogen-bond acceptors (Lipinski definition) is 4. The summed E-state index contributed by atoms with van der Waals surface area (Å²) in [5.74, 6) is -0.623. The summed E-state index contributed by atoms with van der Waals surface area (Å²) in [5.41, 5.74) is 0.636. The highest BCUT2D eigenvalue weighted by molar-refractivity contribution is 7.09. The van der Waals surface area contributed by atoms with Crippen molar-refractivity contribution in [1.29, 1.82) is 0 Å². The van der Waals surface area contributed by atoms with Gasteiger partial charge in [-0.2, -0.15) is 0 Å². The third-order valence-electron chi connectivity index (χ3n) is 2.66. The van der Waals surface area contributed by atoms with Crippen molar-refractivity contribution in [3.63, 3.8) is 0 Å². The van der Waals surface area contributed by atoms with Crippen LogP contribution in [0.1, 0.15) is 11.3 Å². The summed E-state index contributed by atoms with van der Waals surface area (Å²) in [6.07, 6.45) is 2.26. The van der Waals surface area contributed by atoms with E-state index in [1.54, 1.807) is 35.6 Å². The third-order valence-corrected chi connectivity index (χ3v) is 3.51. The molecule has 2 N–H and O–H groups in total. The fourth-order valence-electron chi connectivity index (χ4n) is 1.66. The monoisotopic (exact) mass is 317 g/mol. The summed E-state index contributed by atoms with van der Waals surface area (Å²) in [6.45, 7) is 0.517. The van der Waals surface area contributed by atoms with Crippen molar-refractivity contribution >= 4 is 28.9 Å². The number of ether oxygens (including phenoxy) is 1. The molecule has 6 heteroatoms. The standard InChI is InChI=1S/C16H15NO4S/c18-15(4-1-5-16(19)20)17-12-6-8-13(9-7-12)21-11-14-3-2-10-22-14/h1-3,5-10H,4,11H2,(H,17,18)(H,19,20)/b5-1+. The van der Waals surface area contributed by atoms with Gasteiger partial charge in [-0.25, -0.2) is 4.79 Å². The van der Waals surface area contributed by atoms with Crippen LogP contribution in [0.5, 0.6) is 5.75 Å². The number of hydrogen-bond donors (Lipinski definition) is 2. The minimum Gasteiger partial charge on any atom is -0.488 e. The lowest BCUT2D eigenvalue weighted by atomic mass is 10.3. The molecule has 22 heavy (non-hydrogen) atoms. The van der Waals surface area contributed by atoms with Crippen molar-refractivity contribution < 1.29 is 19.4 Å². The summed E-state index contributed by atoms with van der Waals surface area (Å²) in [5, 5.41) is 13.1. The summed E-state index contributed by atoms with van der Waals surface area (Å²) in [7, 11) is 0. The van der Waals surface area contributed by atoms with Crippen LogP contribution in [0, 0.1) is 0 Å². The highest BCUT2D eigenvalue weighted by atomic mass is 32.1. The Morgan fingerprint density at radius 3 is 2.64 bits per heavy atom. The normalized spacial score (nSPS) is 10.5. The first-order valence-corrected chi connectivity index (χ1v) is 7.46. The molecule has 1 amide bonds. The number of carbonyl (C=O) groups excluding carboxylic acids is 1. The Balaban J connectivity index is 1.81. The van der Waals surface area contributed by atoms with Gasteiger partial charge in [0.1, 0.15) is 12.4 Å². The van der Waals surface area contributed by atoms with E-state index in [0.29, 0.717) is 12.3 Å². The van der Waals surface area contributed by atoms with Crippen LogP contribution in [0.3, 0.4) is 0 Å². The van der Waals surface area contributed by atoms with E-state index in [2.05, 4.69) is 5.32 Å². The van der Waals surface area contributed by atoms with Gasteiger partial charge in [0.05, 0.1) is 0 Å². The molecule has 0 saturated carbocycles. The van der Waals surface area contributed by atoms with Crippen LogP contribution in [-0.4, -0.2) is 17.0 Å². The summed E-state index contributed by atoms with van der Waals surface area (Å²) in [4.78, 5) is 23.0. The fourth-order valence-corrected chi connectivity index (χ4v) is 2.28. The van der Waals surface area contributed by atoms with Crippen molar-refractivity contribution in [2.24, 2.45) is 0 Å². The molecule has 0 fully saturated rings. The number of carbonyl (C=O) groups is 2. The molecule has 1 aromatic heterocycles. The predicted molar refractivity (Wildman–Crippen MR) is 85.1 cm³/mol. The SMILES string of the molecule is O=C(O)/C=C/CC(=O)Nc1ccc(OCc2cccs2)cc1. The van der Waals surface area contributed by atoms with Crippen LogP contribution in [0.2, 0.25) is 0 Å². The molecule has 2 aromatic rings. The van der Waals surface area contributed by atoms with Crippen LogP contribution < -0.4 is 10.1 Å². The molecule has 0 unspecified atom stereocenters. The molecule has 2 rings (SSSR count). The van der Waals surface area contributed by atoms with E-state index in [4.69, 9.17) is 9.84 Å². The van der Waals surface area contributed by atoms with Gasteiger partial charge in [0.2, 0.25) is 5.91 Å². The first-order valence-electron chi connectivity index (χ1n) is 6.58. The molecular formula is C16H15NO4S. The van der Waals surface area contributed by atoms with Gasteiger partial charge in [0.25, 0.3) is 0 Å². The Morgan fingerprint density at radius 1 is 1.23 bits per heavy atom. The minimum atomic E-state index is -1.07. The van der Waals surface area contributed by atoms with E-state index >= 15 is 0 Å². The van der Waals surface area contributed by atoms with Gasteiger partial charge in [0, 0.05) is 23.1 Å². The van der Waals surface area contributed by atoms with E-state index in [-0.39, 0.29) is 12.3 Å². The second-order valence-corrected chi connectivity index (χ2v) is 5.42. The average Bonchev–Trinajstić information content (AvgIpc) is 2.99. The molecule has 0 aliphatic rings. The Hall–Kier alpha value is -2.60. The number of rotatable bonds is 7. The van der Waals surface area contributed by atoms with E-state index in [1.807, 2.05) is 17.5 Å². The van der Waals surface area contributed by atoms with Crippen molar-refractivity contribution in [2.45, 2.75) is 13.0 Å². The maximum absolute atomic E-state index is 11.6. The average molecular weight is 317 g/mol. The van der Waals surface area contributed by atoms with Crippen LogP contribution in [0.15, 0.2) is 53.9 Å². The number of aliphatic carboxylic acids is 1. The molecule has 0 aliphatic heterocycles. The molecule has 0 atom stereocenters. The summed E-state index contributed by atoms with van der Waals surface area (Å²) < 4.78 is 5.62. The predicted octanol–water partition coefficient (Wildman–Crippen LogP) is 3.30. The number of benzene rings is 1. The first-order chi connectivity index (χ1) is 10.6. The zero-order chi connectivity index (χ0) is 15.8. The Morgan fingerprint density at radius 2 is 2.00 bits per heavy atom. The highest BCUT2D eigenvalue weighted by Crippen LogP contribution is 2.18. The van der Waals surface area contributed by atoms with Crippen LogP contribution in [-0.2, 0) is 16.2 Å². The second kappa shape index (κ2) is 7.99. The molecule has 0 saturated heterocycles. The third kappa shape index (κ3) is 5.41. The van der Waals surface area contributed by atoms with E-state index in [9.17, 15) is 9.59 Å². The summed E-state index contributed by atoms with van der Waals surface area (Å²) >= 11 is 1.63. The van der Waals surface area contributed by atoms with Gasteiger partial charge in [-0.05, 0) is 35.7 Å². The molecule has 1 heterocycles. The van der Waals surface area contributed by atoms with Gasteiger partial charge >= 0.3 is 5.97 Å². The molecule has 0 spiro atoms. The lowest BCUT2D eigenvalue weighted by Gasteiger charge is -2.07. The molecule has 0 bridgehead atoms. The molecular weight excluding hydrogens is 302 g/mol. The van der Waals surface area contributed by atoms with Crippen molar-refractivity contribution in [3.8, 4) is 5.75 Å². The number of carboxylic acids is 1. The smallest absolute Gasteiger partial charge is 0.327 e. The number of thiophene rings is 1.